The van der Waals surface area contributed by atoms with E-state index in [4.69, 9.17) is 9.47 Å². The molecule has 0 bridgehead atoms. The Labute approximate surface area is 109 Å². The first kappa shape index (κ1) is 13.0. The molecule has 1 aromatic carbocycles. The maximum absolute atomic E-state index is 5.84. The molecule has 0 saturated heterocycles. The van der Waals surface area contributed by atoms with Crippen molar-refractivity contribution in [2.24, 2.45) is 0 Å². The summed E-state index contributed by atoms with van der Waals surface area (Å²) in [5.74, 6) is 0.935. The SMILES string of the molecule is COCCN1CCNc2c(OC(C)C)cccc21. The molecular weight excluding hydrogens is 228 g/mol. The first-order chi connectivity index (χ1) is 8.72. The quantitative estimate of drug-likeness (QED) is 0.869. The molecule has 1 aliphatic heterocycles. The van der Waals surface area contributed by atoms with E-state index in [9.17, 15) is 0 Å². The standard InChI is InChI=1S/C14H22N2O2/c1-11(2)18-13-6-4-5-12-14(13)15-7-8-16(12)9-10-17-3/h4-6,11,15H,7-10H2,1-3H3. The third-order valence-corrected chi connectivity index (χ3v) is 2.96. The molecule has 0 aromatic heterocycles. The Morgan fingerprint density at radius 2 is 2.22 bits per heavy atom. The fraction of sp³-hybridized carbons (Fsp3) is 0.571. The molecule has 2 rings (SSSR count). The number of para-hydroxylation sites is 1. The van der Waals surface area contributed by atoms with E-state index in [0.29, 0.717) is 0 Å². The molecule has 0 saturated carbocycles. The summed E-state index contributed by atoms with van der Waals surface area (Å²) in [7, 11) is 1.74. The smallest absolute Gasteiger partial charge is 0.144 e. The fourth-order valence-electron chi connectivity index (χ4n) is 2.18. The zero-order valence-corrected chi connectivity index (χ0v) is 11.4. The first-order valence-corrected chi connectivity index (χ1v) is 6.50. The average molecular weight is 250 g/mol. The molecule has 1 aliphatic rings. The molecule has 0 aliphatic carbocycles. The Morgan fingerprint density at radius 1 is 1.39 bits per heavy atom. The topological polar surface area (TPSA) is 33.7 Å². The predicted molar refractivity (Wildman–Crippen MR) is 74.8 cm³/mol. The van der Waals surface area contributed by atoms with Gasteiger partial charge in [-0.15, -0.1) is 0 Å². The van der Waals surface area contributed by atoms with Crippen LogP contribution in [0.25, 0.3) is 0 Å². The number of ether oxygens (including phenoxy) is 2. The maximum Gasteiger partial charge on any atom is 0.144 e. The highest BCUT2D eigenvalue weighted by Gasteiger charge is 2.19. The van der Waals surface area contributed by atoms with E-state index in [-0.39, 0.29) is 6.10 Å². The van der Waals surface area contributed by atoms with Gasteiger partial charge in [0.15, 0.2) is 0 Å². The lowest BCUT2D eigenvalue weighted by molar-refractivity contribution is 0.205. The largest absolute Gasteiger partial charge is 0.489 e. The average Bonchev–Trinajstić information content (AvgIpc) is 2.36. The van der Waals surface area contributed by atoms with Gasteiger partial charge in [0.1, 0.15) is 11.4 Å². The first-order valence-electron chi connectivity index (χ1n) is 6.50. The summed E-state index contributed by atoms with van der Waals surface area (Å²) in [6.07, 6.45) is 0.188. The molecular formula is C14H22N2O2. The Kier molecular flexibility index (Phi) is 4.31. The second-order valence-electron chi connectivity index (χ2n) is 4.72. The van der Waals surface area contributed by atoms with Crippen LogP contribution in [0.15, 0.2) is 18.2 Å². The van der Waals surface area contributed by atoms with Gasteiger partial charge >= 0.3 is 0 Å². The summed E-state index contributed by atoms with van der Waals surface area (Å²) in [5, 5.41) is 3.44. The summed E-state index contributed by atoms with van der Waals surface area (Å²) in [6.45, 7) is 7.69. The number of methoxy groups -OCH3 is 1. The normalized spacial score (nSPS) is 14.3. The van der Waals surface area contributed by atoms with Crippen molar-refractivity contribution in [2.45, 2.75) is 20.0 Å². The maximum atomic E-state index is 5.84. The van der Waals surface area contributed by atoms with E-state index in [0.717, 1.165) is 37.7 Å². The lowest BCUT2D eigenvalue weighted by Crippen LogP contribution is -2.36. The van der Waals surface area contributed by atoms with Crippen LogP contribution in [0.4, 0.5) is 11.4 Å². The van der Waals surface area contributed by atoms with Crippen molar-refractivity contribution in [1.29, 1.82) is 0 Å². The number of anilines is 2. The molecule has 4 nitrogen and oxygen atoms in total. The number of benzene rings is 1. The summed E-state index contributed by atoms with van der Waals surface area (Å²) < 4.78 is 11.0. The summed E-state index contributed by atoms with van der Waals surface area (Å²) in [6, 6.07) is 6.19. The van der Waals surface area contributed by atoms with Gasteiger partial charge in [0.25, 0.3) is 0 Å². The van der Waals surface area contributed by atoms with Gasteiger partial charge < -0.3 is 19.7 Å². The lowest BCUT2D eigenvalue weighted by atomic mass is 10.2. The molecule has 18 heavy (non-hydrogen) atoms. The minimum absolute atomic E-state index is 0.188. The van der Waals surface area contributed by atoms with Gasteiger partial charge in [0.2, 0.25) is 0 Å². The minimum Gasteiger partial charge on any atom is -0.489 e. The molecule has 100 valence electrons. The summed E-state index contributed by atoms with van der Waals surface area (Å²) in [5.41, 5.74) is 2.31. The van der Waals surface area contributed by atoms with Crippen LogP contribution in [0, 0.1) is 0 Å². The van der Waals surface area contributed by atoms with Crippen LogP contribution in [-0.2, 0) is 4.74 Å². The van der Waals surface area contributed by atoms with Gasteiger partial charge in [0, 0.05) is 26.7 Å². The highest BCUT2D eigenvalue weighted by atomic mass is 16.5. The van der Waals surface area contributed by atoms with Gasteiger partial charge in [-0.1, -0.05) is 6.07 Å². The molecule has 0 amide bonds. The molecule has 1 aromatic rings. The molecule has 4 heteroatoms. The number of nitrogens with one attached hydrogen (secondary N) is 1. The summed E-state index contributed by atoms with van der Waals surface area (Å²) in [4.78, 5) is 2.34. The highest BCUT2D eigenvalue weighted by Crippen LogP contribution is 2.37. The molecule has 1 heterocycles. The summed E-state index contributed by atoms with van der Waals surface area (Å²) >= 11 is 0. The van der Waals surface area contributed by atoms with Crippen molar-refractivity contribution in [3.8, 4) is 5.75 Å². The van der Waals surface area contributed by atoms with Gasteiger partial charge in [-0.25, -0.2) is 0 Å². The fourth-order valence-corrected chi connectivity index (χ4v) is 2.18. The van der Waals surface area contributed by atoms with Crippen LogP contribution in [0.1, 0.15) is 13.8 Å². The third kappa shape index (κ3) is 2.88. The molecule has 1 N–H and O–H groups in total. The van der Waals surface area contributed by atoms with Crippen LogP contribution < -0.4 is 15.0 Å². The van der Waals surface area contributed by atoms with Gasteiger partial charge in [0.05, 0.1) is 18.4 Å². The molecule has 0 unspecified atom stereocenters. The number of fused-ring (bicyclic) bond motifs is 1. The van der Waals surface area contributed by atoms with Crippen LogP contribution in [0.2, 0.25) is 0 Å². The minimum atomic E-state index is 0.188. The van der Waals surface area contributed by atoms with Crippen LogP contribution >= 0.6 is 0 Å². The van der Waals surface area contributed by atoms with Crippen molar-refractivity contribution >= 4 is 11.4 Å². The highest BCUT2D eigenvalue weighted by molar-refractivity contribution is 5.78. The van der Waals surface area contributed by atoms with Crippen molar-refractivity contribution < 1.29 is 9.47 Å². The molecule has 0 radical (unpaired) electrons. The van der Waals surface area contributed by atoms with E-state index < -0.39 is 0 Å². The molecule has 0 fully saturated rings. The number of rotatable bonds is 5. The Bertz CT molecular complexity index is 393. The zero-order valence-electron chi connectivity index (χ0n) is 11.4. The van der Waals surface area contributed by atoms with E-state index >= 15 is 0 Å². The second kappa shape index (κ2) is 5.96. The van der Waals surface area contributed by atoms with Crippen LogP contribution in [0.3, 0.4) is 0 Å². The van der Waals surface area contributed by atoms with E-state index in [1.54, 1.807) is 7.11 Å². The van der Waals surface area contributed by atoms with Crippen LogP contribution in [0.5, 0.6) is 5.75 Å². The van der Waals surface area contributed by atoms with Gasteiger partial charge in [-0.3, -0.25) is 0 Å². The van der Waals surface area contributed by atoms with Crippen molar-refractivity contribution in [3.63, 3.8) is 0 Å². The van der Waals surface area contributed by atoms with E-state index in [1.807, 2.05) is 26.0 Å². The van der Waals surface area contributed by atoms with Gasteiger partial charge in [-0.05, 0) is 26.0 Å². The lowest BCUT2D eigenvalue weighted by Gasteiger charge is -2.33. The Balaban J connectivity index is 2.22. The third-order valence-electron chi connectivity index (χ3n) is 2.96. The van der Waals surface area contributed by atoms with Crippen molar-refractivity contribution in [2.75, 3.05) is 43.6 Å². The Morgan fingerprint density at radius 3 is 2.94 bits per heavy atom. The molecule has 0 atom stereocenters. The number of hydrogen-bond acceptors (Lipinski definition) is 4. The molecule has 0 spiro atoms. The Hall–Kier alpha value is -1.42. The zero-order chi connectivity index (χ0) is 13.0. The predicted octanol–water partition coefficient (Wildman–Crippen LogP) is 2.35. The van der Waals surface area contributed by atoms with Crippen molar-refractivity contribution in [3.05, 3.63) is 18.2 Å². The number of hydrogen-bond donors (Lipinski definition) is 1. The van der Waals surface area contributed by atoms with Crippen LogP contribution in [-0.4, -0.2) is 39.5 Å². The second-order valence-corrected chi connectivity index (χ2v) is 4.72. The monoisotopic (exact) mass is 250 g/mol. The van der Waals surface area contributed by atoms with Crippen molar-refractivity contribution in [1.82, 2.24) is 0 Å². The van der Waals surface area contributed by atoms with E-state index in [1.165, 1.54) is 5.69 Å². The van der Waals surface area contributed by atoms with Gasteiger partial charge in [-0.2, -0.15) is 0 Å². The van der Waals surface area contributed by atoms with E-state index in [2.05, 4.69) is 16.3 Å². The number of nitrogens with zero attached hydrogens (tertiary/aromatic N) is 1.